The second-order valence-electron chi connectivity index (χ2n) is 5.10. The Bertz CT molecular complexity index is 511. The second-order valence-corrected chi connectivity index (χ2v) is 5.10. The number of benzene rings is 1. The lowest BCUT2D eigenvalue weighted by Crippen LogP contribution is -2.46. The van der Waals surface area contributed by atoms with Gasteiger partial charge in [0.15, 0.2) is 0 Å². The number of amides is 1. The molecule has 116 valence electrons. The average molecular weight is 301 g/mol. The van der Waals surface area contributed by atoms with Crippen LogP contribution in [0.4, 0.5) is 18.9 Å². The molecule has 1 aliphatic heterocycles. The molecule has 1 aliphatic rings. The molecule has 1 saturated heterocycles. The molecule has 1 heterocycles. The zero-order valence-electron chi connectivity index (χ0n) is 11.8. The van der Waals surface area contributed by atoms with Crippen molar-refractivity contribution in [3.05, 3.63) is 29.3 Å². The highest BCUT2D eigenvalue weighted by Gasteiger charge is 2.32. The molecule has 1 fully saturated rings. The van der Waals surface area contributed by atoms with E-state index < -0.39 is 11.7 Å². The molecular weight excluding hydrogens is 283 g/mol. The molecule has 1 amide bonds. The maximum atomic E-state index is 12.8. The van der Waals surface area contributed by atoms with Crippen molar-refractivity contribution >= 4 is 11.6 Å². The standard InChI is InChI=1S/C14H18F3N3O/c1-10-2-3-11(8-12(10)14(15,16)17)19-13(21)9-20-6-4-18-5-7-20/h2-3,8,18H,4-7,9H2,1H3,(H,19,21). The number of piperazine rings is 1. The van der Waals surface area contributed by atoms with Crippen LogP contribution in [0.2, 0.25) is 0 Å². The van der Waals surface area contributed by atoms with Gasteiger partial charge in [-0.1, -0.05) is 6.07 Å². The maximum absolute atomic E-state index is 12.8. The van der Waals surface area contributed by atoms with Crippen LogP contribution in [0.15, 0.2) is 18.2 Å². The molecular formula is C14H18F3N3O. The Morgan fingerprint density at radius 3 is 2.62 bits per heavy atom. The summed E-state index contributed by atoms with van der Waals surface area (Å²) >= 11 is 0. The van der Waals surface area contributed by atoms with E-state index in [1.807, 2.05) is 4.90 Å². The van der Waals surface area contributed by atoms with Gasteiger partial charge in [-0.3, -0.25) is 9.69 Å². The van der Waals surface area contributed by atoms with Crippen LogP contribution in [0.5, 0.6) is 0 Å². The summed E-state index contributed by atoms with van der Waals surface area (Å²) in [6, 6.07) is 3.83. The third-order valence-corrected chi connectivity index (χ3v) is 3.40. The monoisotopic (exact) mass is 301 g/mol. The van der Waals surface area contributed by atoms with Crippen molar-refractivity contribution in [2.45, 2.75) is 13.1 Å². The van der Waals surface area contributed by atoms with Gasteiger partial charge in [-0.15, -0.1) is 0 Å². The summed E-state index contributed by atoms with van der Waals surface area (Å²) in [5.41, 5.74) is -0.405. The SMILES string of the molecule is Cc1ccc(NC(=O)CN2CCNCC2)cc1C(F)(F)F. The number of halogens is 3. The van der Waals surface area contributed by atoms with Crippen molar-refractivity contribution in [1.29, 1.82) is 0 Å². The highest BCUT2D eigenvalue weighted by molar-refractivity contribution is 5.92. The topological polar surface area (TPSA) is 44.4 Å². The van der Waals surface area contributed by atoms with E-state index >= 15 is 0 Å². The Kier molecular flexibility index (Phi) is 4.84. The van der Waals surface area contributed by atoms with Gasteiger partial charge < -0.3 is 10.6 Å². The van der Waals surface area contributed by atoms with Gasteiger partial charge in [-0.05, 0) is 24.6 Å². The number of hydrogen-bond donors (Lipinski definition) is 2. The third-order valence-electron chi connectivity index (χ3n) is 3.40. The Labute approximate surface area is 121 Å². The first-order valence-electron chi connectivity index (χ1n) is 6.77. The Balaban J connectivity index is 2.00. The van der Waals surface area contributed by atoms with E-state index in [1.54, 1.807) is 0 Å². The lowest BCUT2D eigenvalue weighted by atomic mass is 10.1. The van der Waals surface area contributed by atoms with E-state index in [1.165, 1.54) is 19.1 Å². The van der Waals surface area contributed by atoms with Gasteiger partial charge in [0.25, 0.3) is 0 Å². The molecule has 21 heavy (non-hydrogen) atoms. The third kappa shape index (κ3) is 4.44. The maximum Gasteiger partial charge on any atom is 0.416 e. The largest absolute Gasteiger partial charge is 0.416 e. The molecule has 1 aromatic carbocycles. The summed E-state index contributed by atoms with van der Waals surface area (Å²) in [5, 5.41) is 5.70. The summed E-state index contributed by atoms with van der Waals surface area (Å²) in [6.07, 6.45) is -4.41. The number of hydrogen-bond acceptors (Lipinski definition) is 3. The number of anilines is 1. The van der Waals surface area contributed by atoms with Crippen LogP contribution in [0.1, 0.15) is 11.1 Å². The van der Waals surface area contributed by atoms with E-state index in [-0.39, 0.29) is 23.7 Å². The Hall–Kier alpha value is -1.60. The van der Waals surface area contributed by atoms with Gasteiger partial charge in [-0.25, -0.2) is 0 Å². The van der Waals surface area contributed by atoms with Crippen molar-refractivity contribution in [3.63, 3.8) is 0 Å². The molecule has 2 rings (SSSR count). The van der Waals surface area contributed by atoms with Crippen LogP contribution in [0.3, 0.4) is 0 Å². The van der Waals surface area contributed by atoms with Gasteiger partial charge >= 0.3 is 6.18 Å². The van der Waals surface area contributed by atoms with Crippen molar-refractivity contribution in [2.24, 2.45) is 0 Å². The van der Waals surface area contributed by atoms with Crippen LogP contribution in [-0.2, 0) is 11.0 Å². The summed E-state index contributed by atoms with van der Waals surface area (Å²) in [7, 11) is 0. The number of alkyl halides is 3. The lowest BCUT2D eigenvalue weighted by Gasteiger charge is -2.26. The average Bonchev–Trinajstić information content (AvgIpc) is 2.41. The molecule has 2 N–H and O–H groups in total. The lowest BCUT2D eigenvalue weighted by molar-refractivity contribution is -0.138. The van der Waals surface area contributed by atoms with Crippen LogP contribution >= 0.6 is 0 Å². The number of aryl methyl sites for hydroxylation is 1. The fourth-order valence-corrected chi connectivity index (χ4v) is 2.28. The van der Waals surface area contributed by atoms with Gasteiger partial charge in [0.05, 0.1) is 12.1 Å². The van der Waals surface area contributed by atoms with Gasteiger partial charge in [0.1, 0.15) is 0 Å². The van der Waals surface area contributed by atoms with E-state index in [2.05, 4.69) is 10.6 Å². The molecule has 0 bridgehead atoms. The van der Waals surface area contributed by atoms with Crippen molar-refractivity contribution < 1.29 is 18.0 Å². The van der Waals surface area contributed by atoms with E-state index in [0.29, 0.717) is 0 Å². The number of rotatable bonds is 3. The number of nitrogens with one attached hydrogen (secondary N) is 2. The van der Waals surface area contributed by atoms with E-state index in [0.717, 1.165) is 32.2 Å². The highest BCUT2D eigenvalue weighted by Crippen LogP contribution is 2.33. The highest BCUT2D eigenvalue weighted by atomic mass is 19.4. The van der Waals surface area contributed by atoms with Crippen LogP contribution in [0.25, 0.3) is 0 Å². The Morgan fingerprint density at radius 1 is 1.33 bits per heavy atom. The first kappa shape index (κ1) is 15.8. The predicted molar refractivity (Wildman–Crippen MR) is 74.1 cm³/mol. The van der Waals surface area contributed by atoms with Gasteiger partial charge in [0.2, 0.25) is 5.91 Å². The van der Waals surface area contributed by atoms with E-state index in [9.17, 15) is 18.0 Å². The molecule has 0 saturated carbocycles. The molecule has 0 spiro atoms. The van der Waals surface area contributed by atoms with E-state index in [4.69, 9.17) is 0 Å². The van der Waals surface area contributed by atoms with Gasteiger partial charge in [-0.2, -0.15) is 13.2 Å². The van der Waals surface area contributed by atoms with Crippen LogP contribution < -0.4 is 10.6 Å². The summed E-state index contributed by atoms with van der Waals surface area (Å²) < 4.78 is 38.4. The molecule has 0 aromatic heterocycles. The predicted octanol–water partition coefficient (Wildman–Crippen LogP) is 1.86. The van der Waals surface area contributed by atoms with Crippen molar-refractivity contribution in [2.75, 3.05) is 38.0 Å². The first-order valence-corrected chi connectivity index (χ1v) is 6.77. The smallest absolute Gasteiger partial charge is 0.325 e. The van der Waals surface area contributed by atoms with Crippen molar-refractivity contribution in [1.82, 2.24) is 10.2 Å². The fourth-order valence-electron chi connectivity index (χ4n) is 2.28. The second kappa shape index (κ2) is 6.44. The van der Waals surface area contributed by atoms with Crippen molar-refractivity contribution in [3.8, 4) is 0 Å². The zero-order chi connectivity index (χ0) is 15.5. The normalized spacial score (nSPS) is 16.8. The molecule has 0 atom stereocenters. The number of nitrogens with zero attached hydrogens (tertiary/aromatic N) is 1. The minimum atomic E-state index is -4.41. The van der Waals surface area contributed by atoms with Gasteiger partial charge in [0, 0.05) is 31.9 Å². The molecule has 0 radical (unpaired) electrons. The minimum Gasteiger partial charge on any atom is -0.325 e. The summed E-state index contributed by atoms with van der Waals surface area (Å²) in [5.74, 6) is -0.297. The fraction of sp³-hybridized carbons (Fsp3) is 0.500. The van der Waals surface area contributed by atoms with Crippen LogP contribution in [-0.4, -0.2) is 43.5 Å². The molecule has 0 aliphatic carbocycles. The first-order chi connectivity index (χ1) is 9.86. The zero-order valence-corrected chi connectivity index (χ0v) is 11.8. The molecule has 1 aromatic rings. The molecule has 4 nitrogen and oxygen atoms in total. The summed E-state index contributed by atoms with van der Waals surface area (Å²) in [6.45, 7) is 4.74. The Morgan fingerprint density at radius 2 is 2.00 bits per heavy atom. The molecule has 7 heteroatoms. The molecule has 0 unspecified atom stereocenters. The summed E-state index contributed by atoms with van der Waals surface area (Å²) in [4.78, 5) is 13.8. The number of carbonyl (C=O) groups excluding carboxylic acids is 1. The number of carbonyl (C=O) groups is 1. The minimum absolute atomic E-state index is 0.141. The van der Waals surface area contributed by atoms with Crippen LogP contribution in [0, 0.1) is 6.92 Å². The quantitative estimate of drug-likeness (QED) is 0.895.